The Morgan fingerprint density at radius 1 is 1.14 bits per heavy atom. The summed E-state index contributed by atoms with van der Waals surface area (Å²) in [6.07, 6.45) is 0.851. The fraction of sp³-hybridized carbons (Fsp3) is 0.316. The van der Waals surface area contributed by atoms with Gasteiger partial charge in [-0.05, 0) is 17.5 Å². The van der Waals surface area contributed by atoms with Crippen LogP contribution in [0.3, 0.4) is 0 Å². The molecule has 0 aliphatic carbocycles. The van der Waals surface area contributed by atoms with Gasteiger partial charge in [-0.2, -0.15) is 10.6 Å². The summed E-state index contributed by atoms with van der Waals surface area (Å²) in [6, 6.07) is 7.49. The van der Waals surface area contributed by atoms with Crippen LogP contribution in [0.15, 0.2) is 29.1 Å². The first kappa shape index (κ1) is 20.9. The molecule has 0 saturated carbocycles. The topological polar surface area (TPSA) is 149 Å². The van der Waals surface area contributed by atoms with E-state index in [-0.39, 0.29) is 29.3 Å². The Labute approximate surface area is 168 Å². The highest BCUT2D eigenvalue weighted by atomic mass is 32.3. The molecule has 1 aliphatic heterocycles. The minimum absolute atomic E-state index is 0.0696. The largest absolute Gasteiger partial charge is 0.506 e. The number of nitrogens with one attached hydrogen (secondary N) is 1. The smallest absolute Gasteiger partial charge is 0.322 e. The van der Waals surface area contributed by atoms with Gasteiger partial charge in [0.1, 0.15) is 17.9 Å². The first-order valence-corrected chi connectivity index (χ1v) is 10.8. The first-order valence-electron chi connectivity index (χ1n) is 8.92. The van der Waals surface area contributed by atoms with Crippen LogP contribution >= 0.6 is 10.6 Å². The number of benzene rings is 1. The lowest BCUT2D eigenvalue weighted by atomic mass is 10.1. The van der Waals surface area contributed by atoms with Crippen LogP contribution in [0.5, 0.6) is 5.75 Å². The van der Waals surface area contributed by atoms with Crippen LogP contribution in [0.4, 0.5) is 0 Å². The second kappa shape index (κ2) is 7.90. The van der Waals surface area contributed by atoms with Gasteiger partial charge in [0, 0.05) is 11.3 Å². The number of amides is 1. The van der Waals surface area contributed by atoms with Gasteiger partial charge < -0.3 is 20.1 Å². The van der Waals surface area contributed by atoms with Crippen molar-refractivity contribution < 1.29 is 28.9 Å². The fourth-order valence-electron chi connectivity index (χ4n) is 3.31. The number of carboxylic acids is 1. The number of aromatic nitrogens is 1. The number of hydrogen-bond donors (Lipinski definition) is 5. The molecule has 29 heavy (non-hydrogen) atoms. The summed E-state index contributed by atoms with van der Waals surface area (Å²) in [5, 5.41) is 21.3. The number of carbonyl (C=O) groups excluding carboxylic acids is 1. The molecule has 1 aliphatic rings. The normalized spacial score (nSPS) is 15.6. The molecule has 1 aromatic heterocycles. The van der Waals surface area contributed by atoms with Crippen molar-refractivity contribution in [3.05, 3.63) is 62.6 Å². The molecule has 9 nitrogen and oxygen atoms in total. The van der Waals surface area contributed by atoms with Crippen molar-refractivity contribution in [1.29, 1.82) is 0 Å². The lowest BCUT2D eigenvalue weighted by Gasteiger charge is -2.25. The zero-order valence-electron chi connectivity index (χ0n) is 15.7. The summed E-state index contributed by atoms with van der Waals surface area (Å²) in [5.41, 5.74) is 0.836. The number of nitrogens with zero attached hydrogens (tertiary/aromatic N) is 1. The molecular formula is C19H22N2O7S. The molecule has 5 N–H and O–H groups in total. The summed E-state index contributed by atoms with van der Waals surface area (Å²) >= 11 is 0. The number of aryl methyl sites for hydroxylation is 1. The molecular weight excluding hydrogens is 400 g/mol. The van der Waals surface area contributed by atoms with Crippen LogP contribution in [-0.4, -0.2) is 42.3 Å². The third-order valence-corrected chi connectivity index (χ3v) is 6.29. The molecule has 1 amide bonds. The number of hydrogen-bond acceptors (Lipinski definition) is 6. The van der Waals surface area contributed by atoms with E-state index in [2.05, 4.69) is 5.32 Å². The zero-order valence-corrected chi connectivity index (χ0v) is 16.5. The van der Waals surface area contributed by atoms with E-state index in [0.29, 0.717) is 0 Å². The van der Waals surface area contributed by atoms with Gasteiger partial charge >= 0.3 is 5.97 Å². The average Bonchev–Trinajstić information content (AvgIpc) is 2.99. The zero-order chi connectivity index (χ0) is 21.3. The lowest BCUT2D eigenvalue weighted by Crippen LogP contribution is -2.37. The Hall–Kier alpha value is -2.82. The summed E-state index contributed by atoms with van der Waals surface area (Å²) in [4.78, 5) is 36.1. The molecule has 156 valence electrons. The molecule has 0 bridgehead atoms. The predicted molar refractivity (Wildman–Crippen MR) is 108 cm³/mol. The quantitative estimate of drug-likeness (QED) is 0.476. The van der Waals surface area contributed by atoms with Crippen LogP contribution in [0.25, 0.3) is 0 Å². The van der Waals surface area contributed by atoms with E-state index in [4.69, 9.17) is 5.11 Å². The van der Waals surface area contributed by atoms with Gasteiger partial charge in [-0.3, -0.25) is 23.5 Å². The Bertz CT molecular complexity index is 1030. The van der Waals surface area contributed by atoms with Gasteiger partial charge in [0.2, 0.25) is 0 Å². The van der Waals surface area contributed by atoms with Crippen LogP contribution in [0, 0.1) is 0 Å². The van der Waals surface area contributed by atoms with Crippen molar-refractivity contribution in [2.45, 2.75) is 31.4 Å². The van der Waals surface area contributed by atoms with Crippen molar-refractivity contribution >= 4 is 22.5 Å². The number of pyridine rings is 1. The molecule has 1 aromatic carbocycles. The monoisotopic (exact) mass is 422 g/mol. The standard InChI is InChI=1S/C19H22N2O7S/c1-2-11-3-5-12(6-4-11)8-21-14-10-29(27,28)9-13(14)17(24)16(19(21)26)18(25)20-7-15(22)23/h3-6,24,27-28H,2,7-10H2,1H3,(H,20,25)(H,22,23). The summed E-state index contributed by atoms with van der Waals surface area (Å²) < 4.78 is 21.5. The van der Waals surface area contributed by atoms with Crippen molar-refractivity contribution in [1.82, 2.24) is 9.88 Å². The maximum atomic E-state index is 13.0. The SMILES string of the molecule is CCc1ccc(Cn2c3c(c(O)c(C(=O)NCC(=O)O)c2=O)CS(O)(O)C3)cc1. The van der Waals surface area contributed by atoms with E-state index < -0.39 is 45.9 Å². The highest BCUT2D eigenvalue weighted by Crippen LogP contribution is 2.54. The van der Waals surface area contributed by atoms with E-state index in [0.717, 1.165) is 17.5 Å². The number of carboxylic acid groups (broad SMARTS) is 1. The van der Waals surface area contributed by atoms with Crippen molar-refractivity contribution in [2.75, 3.05) is 6.54 Å². The van der Waals surface area contributed by atoms with Gasteiger partial charge in [0.05, 0.1) is 18.1 Å². The molecule has 0 unspecified atom stereocenters. The molecule has 2 aromatic rings. The second-order valence-corrected chi connectivity index (χ2v) is 9.06. The maximum absolute atomic E-state index is 13.0. The highest BCUT2D eigenvalue weighted by Gasteiger charge is 2.35. The third kappa shape index (κ3) is 4.29. The predicted octanol–water partition coefficient (Wildman–Crippen LogP) is 1.74. The number of fused-ring (bicyclic) bond motifs is 1. The van der Waals surface area contributed by atoms with Crippen molar-refractivity contribution in [3.63, 3.8) is 0 Å². The Kier molecular flexibility index (Phi) is 5.69. The summed E-state index contributed by atoms with van der Waals surface area (Å²) in [5.74, 6) is -3.44. The van der Waals surface area contributed by atoms with Gasteiger partial charge in [0.25, 0.3) is 11.5 Å². The van der Waals surface area contributed by atoms with E-state index in [1.54, 1.807) is 0 Å². The number of aliphatic carboxylic acids is 1. The number of aromatic hydroxyl groups is 1. The number of carbonyl (C=O) groups is 2. The van der Waals surface area contributed by atoms with Gasteiger partial charge in [-0.15, -0.1) is 0 Å². The van der Waals surface area contributed by atoms with E-state index in [9.17, 15) is 28.6 Å². The number of rotatable bonds is 6. The van der Waals surface area contributed by atoms with Gasteiger partial charge in [0.15, 0.2) is 0 Å². The Morgan fingerprint density at radius 3 is 2.34 bits per heavy atom. The molecule has 0 atom stereocenters. The van der Waals surface area contributed by atoms with E-state index >= 15 is 0 Å². The Balaban J connectivity index is 2.10. The van der Waals surface area contributed by atoms with E-state index in [1.807, 2.05) is 31.2 Å². The average molecular weight is 422 g/mol. The molecule has 2 heterocycles. The molecule has 0 saturated heterocycles. The Morgan fingerprint density at radius 2 is 1.76 bits per heavy atom. The van der Waals surface area contributed by atoms with Crippen LogP contribution in [0.1, 0.15) is 39.7 Å². The van der Waals surface area contributed by atoms with Crippen molar-refractivity contribution in [3.8, 4) is 5.75 Å². The fourth-order valence-corrected chi connectivity index (χ4v) is 4.94. The van der Waals surface area contributed by atoms with Gasteiger partial charge in [-0.1, -0.05) is 31.2 Å². The highest BCUT2D eigenvalue weighted by molar-refractivity contribution is 8.23. The third-order valence-electron chi connectivity index (χ3n) is 4.80. The second-order valence-electron chi connectivity index (χ2n) is 6.88. The molecule has 10 heteroatoms. The van der Waals surface area contributed by atoms with Crippen LogP contribution in [-0.2, 0) is 29.3 Å². The molecule has 0 spiro atoms. The van der Waals surface area contributed by atoms with E-state index in [1.165, 1.54) is 4.57 Å². The minimum Gasteiger partial charge on any atom is -0.506 e. The molecule has 0 fully saturated rings. The van der Waals surface area contributed by atoms with Crippen LogP contribution in [0.2, 0.25) is 0 Å². The summed E-state index contributed by atoms with van der Waals surface area (Å²) in [7, 11) is -3.08. The lowest BCUT2D eigenvalue weighted by molar-refractivity contribution is -0.135. The van der Waals surface area contributed by atoms with Gasteiger partial charge in [-0.25, -0.2) is 0 Å². The first-order chi connectivity index (χ1) is 13.6. The minimum atomic E-state index is -3.08. The van der Waals surface area contributed by atoms with Crippen molar-refractivity contribution in [2.24, 2.45) is 0 Å². The van der Waals surface area contributed by atoms with Crippen LogP contribution < -0.4 is 10.9 Å². The molecule has 3 rings (SSSR count). The maximum Gasteiger partial charge on any atom is 0.322 e. The summed E-state index contributed by atoms with van der Waals surface area (Å²) in [6.45, 7) is 1.36. The molecule has 0 radical (unpaired) electrons.